The van der Waals surface area contributed by atoms with E-state index in [1.54, 1.807) is 0 Å². The molecule has 2 nitrogen and oxygen atoms in total. The Labute approximate surface area is 102 Å². The summed E-state index contributed by atoms with van der Waals surface area (Å²) in [6.07, 6.45) is 9.73. The molecule has 1 aliphatic heterocycles. The van der Waals surface area contributed by atoms with Gasteiger partial charge in [-0.15, -0.1) is 0 Å². The van der Waals surface area contributed by atoms with Crippen molar-refractivity contribution in [2.75, 3.05) is 26.2 Å². The maximum absolute atomic E-state index is 3.56. The van der Waals surface area contributed by atoms with Crippen LogP contribution in [0.15, 0.2) is 0 Å². The van der Waals surface area contributed by atoms with Gasteiger partial charge in [0.15, 0.2) is 0 Å². The molecular weight excluding hydrogens is 196 g/mol. The quantitative estimate of drug-likeness (QED) is 0.718. The van der Waals surface area contributed by atoms with Crippen molar-refractivity contribution < 1.29 is 0 Å². The van der Waals surface area contributed by atoms with Crippen LogP contribution in [0.4, 0.5) is 0 Å². The van der Waals surface area contributed by atoms with Crippen molar-refractivity contribution in [1.82, 2.24) is 10.2 Å². The molecule has 0 aromatic heterocycles. The molecule has 16 heavy (non-hydrogen) atoms. The molecule has 2 heteroatoms. The first-order valence-corrected chi connectivity index (χ1v) is 7.32. The number of likely N-dealkylation sites (tertiary alicyclic amines) is 1. The fourth-order valence-electron chi connectivity index (χ4n) is 2.66. The highest BCUT2D eigenvalue weighted by atomic mass is 15.1. The minimum Gasteiger partial charge on any atom is -0.314 e. The Morgan fingerprint density at radius 2 is 1.75 bits per heavy atom. The molecule has 1 fully saturated rings. The fraction of sp³-hybridized carbons (Fsp3) is 1.00. The first-order chi connectivity index (χ1) is 7.86. The van der Waals surface area contributed by atoms with Crippen molar-refractivity contribution >= 4 is 0 Å². The highest BCUT2D eigenvalue weighted by Gasteiger charge is 2.09. The summed E-state index contributed by atoms with van der Waals surface area (Å²) in [6, 6.07) is 0.747. The van der Waals surface area contributed by atoms with Crippen LogP contribution in [-0.4, -0.2) is 37.1 Å². The van der Waals surface area contributed by atoms with Crippen LogP contribution in [0, 0.1) is 0 Å². The summed E-state index contributed by atoms with van der Waals surface area (Å²) in [4.78, 5) is 2.67. The van der Waals surface area contributed by atoms with Gasteiger partial charge in [-0.3, -0.25) is 0 Å². The average Bonchev–Trinajstić information content (AvgIpc) is 2.56. The van der Waals surface area contributed by atoms with E-state index in [-0.39, 0.29) is 0 Å². The standard InChI is InChI=1S/C14H30N2/c1-3-14(15-4-2)10-9-13-16-11-7-5-6-8-12-16/h14-15H,3-13H2,1-2H3. The lowest BCUT2D eigenvalue weighted by Gasteiger charge is -2.21. The molecule has 1 atom stereocenters. The molecule has 0 aromatic carbocycles. The third-order valence-corrected chi connectivity index (χ3v) is 3.71. The summed E-state index contributed by atoms with van der Waals surface area (Å²) in [5, 5.41) is 3.56. The van der Waals surface area contributed by atoms with Gasteiger partial charge in [-0.1, -0.05) is 26.7 Å². The summed E-state index contributed by atoms with van der Waals surface area (Å²) >= 11 is 0. The molecule has 1 rings (SSSR count). The summed E-state index contributed by atoms with van der Waals surface area (Å²) < 4.78 is 0. The lowest BCUT2D eigenvalue weighted by atomic mass is 10.1. The van der Waals surface area contributed by atoms with Crippen molar-refractivity contribution in [2.45, 2.75) is 64.8 Å². The molecule has 0 bridgehead atoms. The Balaban J connectivity index is 2.08. The fourth-order valence-corrected chi connectivity index (χ4v) is 2.66. The number of nitrogens with one attached hydrogen (secondary N) is 1. The topological polar surface area (TPSA) is 15.3 Å². The largest absolute Gasteiger partial charge is 0.314 e. The van der Waals surface area contributed by atoms with E-state index in [2.05, 4.69) is 24.1 Å². The van der Waals surface area contributed by atoms with E-state index in [9.17, 15) is 0 Å². The van der Waals surface area contributed by atoms with Gasteiger partial charge in [0.25, 0.3) is 0 Å². The number of hydrogen-bond donors (Lipinski definition) is 1. The van der Waals surface area contributed by atoms with Crippen molar-refractivity contribution in [3.8, 4) is 0 Å². The SMILES string of the molecule is CCNC(CC)CCCN1CCCCCC1. The van der Waals surface area contributed by atoms with E-state index in [4.69, 9.17) is 0 Å². The van der Waals surface area contributed by atoms with Gasteiger partial charge in [-0.2, -0.15) is 0 Å². The van der Waals surface area contributed by atoms with Crippen LogP contribution in [0.1, 0.15) is 58.8 Å². The molecule has 1 N–H and O–H groups in total. The first-order valence-electron chi connectivity index (χ1n) is 7.32. The molecule has 1 aliphatic rings. The molecule has 0 amide bonds. The zero-order valence-corrected chi connectivity index (χ0v) is 11.3. The summed E-state index contributed by atoms with van der Waals surface area (Å²) in [5.74, 6) is 0. The highest BCUT2D eigenvalue weighted by molar-refractivity contribution is 4.67. The Kier molecular flexibility index (Phi) is 7.87. The maximum atomic E-state index is 3.56. The number of hydrogen-bond acceptors (Lipinski definition) is 2. The van der Waals surface area contributed by atoms with E-state index in [1.807, 2.05) is 0 Å². The Bertz CT molecular complexity index is 151. The predicted octanol–water partition coefficient (Wildman–Crippen LogP) is 3.03. The lowest BCUT2D eigenvalue weighted by molar-refractivity contribution is 0.272. The normalized spacial score (nSPS) is 20.6. The molecular formula is C14H30N2. The molecule has 0 aromatic rings. The third-order valence-electron chi connectivity index (χ3n) is 3.71. The number of nitrogens with zero attached hydrogens (tertiary/aromatic N) is 1. The van der Waals surface area contributed by atoms with Crippen LogP contribution >= 0.6 is 0 Å². The lowest BCUT2D eigenvalue weighted by Crippen LogP contribution is -2.31. The van der Waals surface area contributed by atoms with Crippen LogP contribution in [0.2, 0.25) is 0 Å². The molecule has 0 spiro atoms. The molecule has 96 valence electrons. The Morgan fingerprint density at radius 1 is 1.06 bits per heavy atom. The second-order valence-corrected chi connectivity index (χ2v) is 5.06. The third kappa shape index (κ3) is 5.86. The summed E-state index contributed by atoms with van der Waals surface area (Å²) in [5.41, 5.74) is 0. The summed E-state index contributed by atoms with van der Waals surface area (Å²) in [6.45, 7) is 9.62. The second kappa shape index (κ2) is 9.00. The van der Waals surface area contributed by atoms with Gasteiger partial charge < -0.3 is 10.2 Å². The van der Waals surface area contributed by atoms with E-state index >= 15 is 0 Å². The van der Waals surface area contributed by atoms with Gasteiger partial charge in [0.05, 0.1) is 0 Å². The Morgan fingerprint density at radius 3 is 2.31 bits per heavy atom. The zero-order valence-electron chi connectivity index (χ0n) is 11.3. The maximum Gasteiger partial charge on any atom is 0.00647 e. The van der Waals surface area contributed by atoms with Gasteiger partial charge in [-0.05, 0) is 58.3 Å². The summed E-state index contributed by atoms with van der Waals surface area (Å²) in [7, 11) is 0. The Hall–Kier alpha value is -0.0800. The van der Waals surface area contributed by atoms with Gasteiger partial charge in [0.2, 0.25) is 0 Å². The zero-order chi connectivity index (χ0) is 11.6. The monoisotopic (exact) mass is 226 g/mol. The van der Waals surface area contributed by atoms with Crippen LogP contribution in [0.3, 0.4) is 0 Å². The van der Waals surface area contributed by atoms with Crippen molar-refractivity contribution in [2.24, 2.45) is 0 Å². The second-order valence-electron chi connectivity index (χ2n) is 5.06. The first kappa shape index (κ1) is 14.0. The van der Waals surface area contributed by atoms with E-state index in [0.29, 0.717) is 0 Å². The van der Waals surface area contributed by atoms with Crippen molar-refractivity contribution in [3.63, 3.8) is 0 Å². The van der Waals surface area contributed by atoms with E-state index in [0.717, 1.165) is 12.6 Å². The molecule has 1 unspecified atom stereocenters. The van der Waals surface area contributed by atoms with E-state index < -0.39 is 0 Å². The van der Waals surface area contributed by atoms with Gasteiger partial charge >= 0.3 is 0 Å². The number of rotatable bonds is 7. The van der Waals surface area contributed by atoms with Crippen LogP contribution in [0.5, 0.6) is 0 Å². The molecule has 0 saturated carbocycles. The van der Waals surface area contributed by atoms with Crippen molar-refractivity contribution in [1.29, 1.82) is 0 Å². The average molecular weight is 226 g/mol. The smallest absolute Gasteiger partial charge is 0.00647 e. The van der Waals surface area contributed by atoms with Crippen LogP contribution in [-0.2, 0) is 0 Å². The molecule has 0 radical (unpaired) electrons. The van der Waals surface area contributed by atoms with E-state index in [1.165, 1.54) is 64.6 Å². The highest BCUT2D eigenvalue weighted by Crippen LogP contribution is 2.11. The predicted molar refractivity (Wildman–Crippen MR) is 71.9 cm³/mol. The minimum absolute atomic E-state index is 0.747. The van der Waals surface area contributed by atoms with Crippen LogP contribution < -0.4 is 5.32 Å². The van der Waals surface area contributed by atoms with Crippen molar-refractivity contribution in [3.05, 3.63) is 0 Å². The van der Waals surface area contributed by atoms with Gasteiger partial charge in [0.1, 0.15) is 0 Å². The molecule has 1 heterocycles. The van der Waals surface area contributed by atoms with Gasteiger partial charge in [-0.25, -0.2) is 0 Å². The van der Waals surface area contributed by atoms with Gasteiger partial charge in [0, 0.05) is 6.04 Å². The molecule has 1 saturated heterocycles. The minimum atomic E-state index is 0.747. The van der Waals surface area contributed by atoms with Crippen LogP contribution in [0.25, 0.3) is 0 Å². The molecule has 0 aliphatic carbocycles.